The van der Waals surface area contributed by atoms with E-state index in [0.717, 1.165) is 32.8 Å². The summed E-state index contributed by atoms with van der Waals surface area (Å²) in [6, 6.07) is 28.6. The molecule has 0 N–H and O–H groups in total. The second kappa shape index (κ2) is 10.7. The van der Waals surface area contributed by atoms with E-state index in [9.17, 15) is 0 Å². The van der Waals surface area contributed by atoms with Crippen LogP contribution in [-0.4, -0.2) is 6.21 Å². The molecule has 0 amide bonds. The van der Waals surface area contributed by atoms with Crippen LogP contribution in [0, 0.1) is 0 Å². The molecule has 6 heteroatoms. The number of hydrogen-bond donors (Lipinski definition) is 0. The van der Waals surface area contributed by atoms with Gasteiger partial charge in [0.25, 0.3) is 0 Å². The van der Waals surface area contributed by atoms with Crippen LogP contribution in [0.1, 0.15) is 11.1 Å². The zero-order chi connectivity index (χ0) is 22.3. The predicted octanol–water partition coefficient (Wildman–Crippen LogP) is 8.88. The highest BCUT2D eigenvalue weighted by Crippen LogP contribution is 2.34. The Morgan fingerprint density at radius 1 is 0.781 bits per heavy atom. The highest BCUT2D eigenvalue weighted by Gasteiger charge is 2.10. The van der Waals surface area contributed by atoms with Gasteiger partial charge in [0.15, 0.2) is 5.75 Å². The molecular formula is C26H18BrCl2NO2. The van der Waals surface area contributed by atoms with Crippen molar-refractivity contribution < 1.29 is 9.47 Å². The minimum absolute atomic E-state index is 0.373. The molecule has 0 heterocycles. The summed E-state index contributed by atoms with van der Waals surface area (Å²) in [7, 11) is 0. The number of halogens is 3. The first-order chi connectivity index (χ1) is 15.6. The molecule has 4 aromatic rings. The number of hydrogen-bond acceptors (Lipinski definition) is 3. The van der Waals surface area contributed by atoms with Crippen LogP contribution < -0.4 is 9.47 Å². The molecule has 0 bridgehead atoms. The maximum absolute atomic E-state index is 6.41. The van der Waals surface area contributed by atoms with Gasteiger partial charge in [0.05, 0.1) is 15.7 Å². The Kier molecular flexibility index (Phi) is 7.48. The van der Waals surface area contributed by atoms with Gasteiger partial charge in [0.2, 0.25) is 0 Å². The van der Waals surface area contributed by atoms with E-state index in [1.54, 1.807) is 18.3 Å². The summed E-state index contributed by atoms with van der Waals surface area (Å²) in [5.74, 6) is 1.99. The van der Waals surface area contributed by atoms with E-state index in [2.05, 4.69) is 20.9 Å². The fourth-order valence-corrected chi connectivity index (χ4v) is 3.78. The third kappa shape index (κ3) is 6.13. The molecule has 0 saturated carbocycles. The number of nitrogens with zero attached hydrogens (tertiary/aromatic N) is 1. The highest BCUT2D eigenvalue weighted by atomic mass is 79.9. The zero-order valence-electron chi connectivity index (χ0n) is 16.8. The van der Waals surface area contributed by atoms with Crippen LogP contribution in [-0.2, 0) is 6.61 Å². The maximum atomic E-state index is 6.41. The summed E-state index contributed by atoms with van der Waals surface area (Å²) in [5, 5.41) is 0.866. The first-order valence-corrected chi connectivity index (χ1v) is 11.3. The molecule has 0 atom stereocenters. The number of rotatable bonds is 7. The van der Waals surface area contributed by atoms with Gasteiger partial charge in [-0.2, -0.15) is 0 Å². The topological polar surface area (TPSA) is 30.8 Å². The molecule has 0 aromatic heterocycles. The molecule has 0 spiro atoms. The summed E-state index contributed by atoms with van der Waals surface area (Å²) >= 11 is 16.2. The van der Waals surface area contributed by atoms with Crippen LogP contribution >= 0.6 is 39.1 Å². The van der Waals surface area contributed by atoms with Gasteiger partial charge in [-0.3, -0.25) is 4.99 Å². The summed E-state index contributed by atoms with van der Waals surface area (Å²) in [6.07, 6.45) is 1.71. The summed E-state index contributed by atoms with van der Waals surface area (Å²) < 4.78 is 12.6. The molecule has 3 nitrogen and oxygen atoms in total. The summed E-state index contributed by atoms with van der Waals surface area (Å²) in [5.41, 5.74) is 2.58. The van der Waals surface area contributed by atoms with Crippen molar-refractivity contribution in [1.82, 2.24) is 0 Å². The van der Waals surface area contributed by atoms with E-state index >= 15 is 0 Å². The van der Waals surface area contributed by atoms with Gasteiger partial charge in [-0.05, 0) is 71.8 Å². The van der Waals surface area contributed by atoms with Gasteiger partial charge < -0.3 is 9.47 Å². The van der Waals surface area contributed by atoms with Crippen LogP contribution in [0.25, 0.3) is 0 Å². The average molecular weight is 527 g/mol. The van der Waals surface area contributed by atoms with E-state index in [0.29, 0.717) is 22.4 Å². The lowest BCUT2D eigenvalue weighted by Crippen LogP contribution is -1.97. The first kappa shape index (κ1) is 22.4. The maximum Gasteiger partial charge on any atom is 0.157 e. The normalized spacial score (nSPS) is 11.0. The number of para-hydroxylation sites is 1. The number of ether oxygens (including phenoxy) is 2. The fourth-order valence-electron chi connectivity index (χ4n) is 2.90. The molecule has 160 valence electrons. The average Bonchev–Trinajstić information content (AvgIpc) is 2.80. The minimum atomic E-state index is 0.373. The van der Waals surface area contributed by atoms with Crippen molar-refractivity contribution in [2.75, 3.05) is 0 Å². The molecule has 0 unspecified atom stereocenters. The Labute approximate surface area is 205 Å². The van der Waals surface area contributed by atoms with E-state index < -0.39 is 0 Å². The first-order valence-electron chi connectivity index (χ1n) is 9.80. The molecule has 0 fully saturated rings. The molecule has 0 aliphatic carbocycles. The van der Waals surface area contributed by atoms with Crippen LogP contribution in [0.5, 0.6) is 17.2 Å². The van der Waals surface area contributed by atoms with Crippen LogP contribution in [0.4, 0.5) is 5.69 Å². The van der Waals surface area contributed by atoms with Crippen molar-refractivity contribution in [3.8, 4) is 17.2 Å². The van der Waals surface area contributed by atoms with Gasteiger partial charge in [0.1, 0.15) is 18.1 Å². The molecule has 32 heavy (non-hydrogen) atoms. The highest BCUT2D eigenvalue weighted by molar-refractivity contribution is 9.10. The third-order valence-corrected chi connectivity index (χ3v) is 5.59. The quantitative estimate of drug-likeness (QED) is 0.225. The van der Waals surface area contributed by atoms with Gasteiger partial charge in [-0.25, -0.2) is 0 Å². The van der Waals surface area contributed by atoms with E-state index in [-0.39, 0.29) is 0 Å². The van der Waals surface area contributed by atoms with Crippen LogP contribution in [0.2, 0.25) is 10.0 Å². The Hall–Kier alpha value is -2.79. The Morgan fingerprint density at radius 2 is 1.41 bits per heavy atom. The molecule has 4 rings (SSSR count). The summed E-state index contributed by atoms with van der Waals surface area (Å²) in [6.45, 7) is 0.373. The van der Waals surface area contributed by atoms with Crippen LogP contribution in [0.3, 0.4) is 0 Å². The monoisotopic (exact) mass is 525 g/mol. The van der Waals surface area contributed by atoms with Crippen molar-refractivity contribution >= 4 is 51.0 Å². The zero-order valence-corrected chi connectivity index (χ0v) is 19.9. The standard InChI is InChI=1S/C26H18BrCl2NO2/c27-20-8-6-18(7-9-20)17-31-26-24(28)14-19(15-25(26)29)16-30-21-10-12-23(13-11-21)32-22-4-2-1-3-5-22/h1-16H,17H2. The van der Waals surface area contributed by atoms with Gasteiger partial charge in [-0.15, -0.1) is 0 Å². The fraction of sp³-hybridized carbons (Fsp3) is 0.0385. The number of benzene rings is 4. The van der Waals surface area contributed by atoms with Crippen molar-refractivity contribution in [3.63, 3.8) is 0 Å². The van der Waals surface area contributed by atoms with Gasteiger partial charge >= 0.3 is 0 Å². The van der Waals surface area contributed by atoms with E-state index in [1.807, 2.05) is 78.9 Å². The van der Waals surface area contributed by atoms with Crippen LogP contribution in [0.15, 0.2) is 100 Å². The smallest absolute Gasteiger partial charge is 0.157 e. The summed E-state index contributed by atoms with van der Waals surface area (Å²) in [4.78, 5) is 4.50. The Bertz CT molecular complexity index is 1190. The Morgan fingerprint density at radius 3 is 2.06 bits per heavy atom. The van der Waals surface area contributed by atoms with Crippen molar-refractivity contribution in [2.45, 2.75) is 6.61 Å². The van der Waals surface area contributed by atoms with E-state index in [4.69, 9.17) is 32.7 Å². The van der Waals surface area contributed by atoms with Gasteiger partial charge in [-0.1, -0.05) is 69.5 Å². The molecule has 0 radical (unpaired) electrons. The lowest BCUT2D eigenvalue weighted by atomic mass is 10.2. The largest absolute Gasteiger partial charge is 0.486 e. The molecule has 0 aliphatic rings. The van der Waals surface area contributed by atoms with Crippen molar-refractivity contribution in [3.05, 3.63) is 117 Å². The molecule has 0 saturated heterocycles. The lowest BCUT2D eigenvalue weighted by molar-refractivity contribution is 0.306. The van der Waals surface area contributed by atoms with Crippen molar-refractivity contribution in [2.24, 2.45) is 4.99 Å². The van der Waals surface area contributed by atoms with Crippen molar-refractivity contribution in [1.29, 1.82) is 0 Å². The lowest BCUT2D eigenvalue weighted by Gasteiger charge is -2.11. The predicted molar refractivity (Wildman–Crippen MR) is 135 cm³/mol. The van der Waals surface area contributed by atoms with Gasteiger partial charge in [0, 0.05) is 10.7 Å². The molecule has 4 aromatic carbocycles. The molecule has 0 aliphatic heterocycles. The second-order valence-corrected chi connectivity index (χ2v) is 8.63. The second-order valence-electron chi connectivity index (χ2n) is 6.90. The minimum Gasteiger partial charge on any atom is -0.486 e. The molecular weight excluding hydrogens is 509 g/mol. The number of aliphatic imine (C=N–C) groups is 1. The third-order valence-electron chi connectivity index (χ3n) is 4.50. The van der Waals surface area contributed by atoms with E-state index in [1.165, 1.54) is 0 Å². The SMILES string of the molecule is Clc1cc(C=Nc2ccc(Oc3ccccc3)cc2)cc(Cl)c1OCc1ccc(Br)cc1. The Balaban J connectivity index is 1.41.